The predicted molar refractivity (Wildman–Crippen MR) is 47.2 cm³/mol. The fraction of sp³-hybridized carbons (Fsp3) is 1.00. The predicted octanol–water partition coefficient (Wildman–Crippen LogP) is 3.35. The second-order valence-corrected chi connectivity index (χ2v) is 1.03. The van der Waals surface area contributed by atoms with Gasteiger partial charge in [0.25, 0.3) is 0 Å². The van der Waals surface area contributed by atoms with Crippen molar-refractivity contribution in [3.05, 3.63) is 0 Å². The Labute approximate surface area is 72.9 Å². The minimum atomic E-state index is -3.67. The lowest BCUT2D eigenvalue weighted by Gasteiger charge is -1.86. The van der Waals surface area contributed by atoms with Crippen molar-refractivity contribution in [2.75, 3.05) is 13.2 Å². The third kappa shape index (κ3) is 245. The molecule has 6 heteroatoms. The summed E-state index contributed by atoms with van der Waals surface area (Å²) in [7, 11) is -3.67. The molecule has 0 fully saturated rings. The topological polar surface area (TPSA) is 9.23 Å². The fourth-order valence-electron chi connectivity index (χ4n) is 0.204. The lowest BCUT2D eigenvalue weighted by atomic mass is 10.5. The molecule has 12 heavy (non-hydrogen) atoms. The fourth-order valence-corrected chi connectivity index (χ4v) is 0.204. The molecule has 0 rings (SSSR count). The van der Waals surface area contributed by atoms with Crippen LogP contribution in [0.3, 0.4) is 0 Å². The molecule has 0 saturated carbocycles. The zero-order valence-corrected chi connectivity index (χ0v) is 5.94. The number of hydrogen-bond donors (Lipinski definition) is 0. The molecule has 0 aliphatic carbocycles. The van der Waals surface area contributed by atoms with Gasteiger partial charge in [0.2, 0.25) is 0 Å². The zero-order chi connectivity index (χ0) is 7.70. The van der Waals surface area contributed by atoms with Crippen LogP contribution in [0.4, 0.5) is 17.7 Å². The van der Waals surface area contributed by atoms with E-state index in [1.807, 2.05) is 13.8 Å². The van der Waals surface area contributed by atoms with Crippen molar-refractivity contribution in [2.45, 2.75) is 28.7 Å². The van der Waals surface area contributed by atoms with Gasteiger partial charge < -0.3 is 4.74 Å². The molecule has 0 aromatic heterocycles. The van der Waals surface area contributed by atoms with Gasteiger partial charge in [-0.15, -0.1) is 0 Å². The number of rotatable bonds is 2. The Morgan fingerprint density at radius 3 is 1.17 bits per heavy atom. The molecule has 0 saturated heterocycles. The molecule has 0 bridgehead atoms. The maximum absolute atomic E-state index is 9.67. The van der Waals surface area contributed by atoms with Crippen molar-refractivity contribution >= 4 is 7.54 Å². The molecule has 0 radical (unpaired) electrons. The molecule has 0 aliphatic rings. The van der Waals surface area contributed by atoms with Crippen molar-refractivity contribution in [3.8, 4) is 0 Å². The van der Waals surface area contributed by atoms with E-state index in [-0.39, 0.29) is 19.6 Å². The van der Waals surface area contributed by atoms with E-state index in [1.165, 1.54) is 0 Å². The van der Waals surface area contributed by atoms with E-state index in [0.29, 0.717) is 0 Å². The van der Waals surface area contributed by atoms with E-state index in [1.54, 1.807) is 0 Å². The molecule has 0 aliphatic heterocycles. The Balaban J connectivity index is -0.0000000221. The Morgan fingerprint density at radius 1 is 1.00 bits per heavy atom. The quantitative estimate of drug-likeness (QED) is 0.483. The Hall–Kier alpha value is -0.255. The van der Waals surface area contributed by atoms with E-state index in [4.69, 9.17) is 4.74 Å². The largest absolute Gasteiger partial charge is 0.762 e. The Morgan fingerprint density at radius 2 is 1.17 bits per heavy atom. The van der Waals surface area contributed by atoms with Gasteiger partial charge in [-0.05, 0) is 13.8 Å². The molecular formula is C6H19BF4O. The highest BCUT2D eigenvalue weighted by Gasteiger charge is 2.06. The summed E-state index contributed by atoms with van der Waals surface area (Å²) in [4.78, 5) is 0. The molecule has 0 amide bonds. The lowest BCUT2D eigenvalue weighted by molar-refractivity contribution is 0.162. The highest BCUT2D eigenvalue weighted by atomic mass is 19.4. The van der Waals surface area contributed by atoms with E-state index in [9.17, 15) is 12.9 Å². The van der Waals surface area contributed by atoms with Crippen LogP contribution in [0.25, 0.3) is 0 Å². The monoisotopic (exact) mass is 194 g/mol. The molecule has 0 aromatic rings. The third-order valence-corrected chi connectivity index (χ3v) is 0.408. The van der Waals surface area contributed by atoms with Gasteiger partial charge in [-0.25, -0.2) is 0 Å². The van der Waals surface area contributed by atoms with Crippen molar-refractivity contribution < 1.29 is 22.4 Å². The van der Waals surface area contributed by atoms with Crippen LogP contribution in [0, 0.1) is 0 Å². The van der Waals surface area contributed by atoms with Crippen LogP contribution >= 0.6 is 0 Å². The summed E-state index contributed by atoms with van der Waals surface area (Å²) in [6, 6.07) is 0. The van der Waals surface area contributed by atoms with Crippen LogP contribution < -0.4 is 0 Å². The van der Waals surface area contributed by atoms with Crippen molar-refractivity contribution in [2.24, 2.45) is 0 Å². The molecular weight excluding hydrogens is 175 g/mol. The first-order valence-corrected chi connectivity index (χ1v) is 2.65. The van der Waals surface area contributed by atoms with Gasteiger partial charge in [0.05, 0.1) is 0 Å². The van der Waals surface area contributed by atoms with Gasteiger partial charge in [-0.1, -0.05) is 14.9 Å². The minimum Gasteiger partial charge on any atom is -0.382 e. The van der Waals surface area contributed by atoms with Gasteiger partial charge in [0, 0.05) is 13.2 Å². The summed E-state index contributed by atoms with van der Waals surface area (Å²) in [6.45, 7) is 5.67. The van der Waals surface area contributed by atoms with Crippen LogP contribution in [-0.4, -0.2) is 20.8 Å². The van der Waals surface area contributed by atoms with Crippen LogP contribution in [0.15, 0.2) is 0 Å². The summed E-state index contributed by atoms with van der Waals surface area (Å²) < 4.78 is 33.8. The number of ether oxygens (including phenoxy) is 1. The van der Waals surface area contributed by atoms with Gasteiger partial charge in [-0.3, -0.25) is 17.7 Å². The van der Waals surface area contributed by atoms with Crippen molar-refractivity contribution in [1.29, 1.82) is 0 Å². The van der Waals surface area contributed by atoms with Crippen molar-refractivity contribution in [1.82, 2.24) is 0 Å². The minimum absolute atomic E-state index is 0. The van der Waals surface area contributed by atoms with Crippen LogP contribution in [-0.2, 0) is 4.74 Å². The highest BCUT2D eigenvalue weighted by molar-refractivity contribution is 6.33. The van der Waals surface area contributed by atoms with Crippen LogP contribution in [0.5, 0.6) is 0 Å². The molecule has 80 valence electrons. The normalized spacial score (nSPS) is 5.75. The first-order chi connectivity index (χ1) is 4.15. The molecule has 0 heterocycles. The van der Waals surface area contributed by atoms with E-state index in [2.05, 4.69) is 0 Å². The summed E-state index contributed by atoms with van der Waals surface area (Å²) in [5, 5.41) is 0. The maximum atomic E-state index is 9.67. The molecule has 0 spiro atoms. The summed E-state index contributed by atoms with van der Waals surface area (Å²) in [5.41, 5.74) is 0. The number of hydrogen-bond acceptors (Lipinski definition) is 1. The average Bonchev–Trinajstić information content (AvgIpc) is 1.66. The van der Waals surface area contributed by atoms with Crippen LogP contribution in [0.2, 0.25) is 0 Å². The molecule has 1 nitrogen and oxygen atoms in total. The SMILES string of the molecule is C.C.CCOCC.F.FB(F)F. The first kappa shape index (κ1) is 29.8. The Kier molecular flexibility index (Phi) is 76.8. The van der Waals surface area contributed by atoms with Crippen molar-refractivity contribution in [3.63, 3.8) is 0 Å². The first-order valence-electron chi connectivity index (χ1n) is 2.65. The summed E-state index contributed by atoms with van der Waals surface area (Å²) in [6.07, 6.45) is 0. The van der Waals surface area contributed by atoms with Gasteiger partial charge in [-0.2, -0.15) is 0 Å². The maximum Gasteiger partial charge on any atom is 0.762 e. The molecule has 0 N–H and O–H groups in total. The number of halogens is 4. The summed E-state index contributed by atoms with van der Waals surface area (Å²) >= 11 is 0. The third-order valence-electron chi connectivity index (χ3n) is 0.408. The molecule has 0 unspecified atom stereocenters. The Bertz CT molecular complexity index is 43.8. The molecule has 0 aromatic carbocycles. The molecule has 0 atom stereocenters. The second-order valence-electron chi connectivity index (χ2n) is 1.03. The smallest absolute Gasteiger partial charge is 0.382 e. The summed E-state index contributed by atoms with van der Waals surface area (Å²) in [5.74, 6) is 0. The average molecular weight is 194 g/mol. The van der Waals surface area contributed by atoms with Crippen LogP contribution in [0.1, 0.15) is 28.7 Å². The van der Waals surface area contributed by atoms with E-state index >= 15 is 0 Å². The van der Waals surface area contributed by atoms with E-state index in [0.717, 1.165) is 13.2 Å². The standard InChI is InChI=1S/C4H10O.2CH4.BF3.FH/c1-3-5-4-2;;;2-1(3)4;/h3-4H2,1-2H3;2*1H4;;1H. The van der Waals surface area contributed by atoms with Gasteiger partial charge in [0.1, 0.15) is 0 Å². The second kappa shape index (κ2) is 30.9. The lowest BCUT2D eigenvalue weighted by Crippen LogP contribution is -1.84. The zero-order valence-electron chi connectivity index (χ0n) is 5.94. The van der Waals surface area contributed by atoms with E-state index < -0.39 is 7.54 Å². The highest BCUT2D eigenvalue weighted by Crippen LogP contribution is 1.80. The van der Waals surface area contributed by atoms with Gasteiger partial charge in [0.15, 0.2) is 0 Å². The van der Waals surface area contributed by atoms with Gasteiger partial charge >= 0.3 is 7.54 Å².